The summed E-state index contributed by atoms with van der Waals surface area (Å²) in [6.07, 6.45) is 8.56. The van der Waals surface area contributed by atoms with E-state index >= 15 is 0 Å². The zero-order valence-corrected chi connectivity index (χ0v) is 10.0. The minimum absolute atomic E-state index is 0. The van der Waals surface area contributed by atoms with Gasteiger partial charge in [0.15, 0.2) is 0 Å². The molecule has 4 aliphatic carbocycles. The van der Waals surface area contributed by atoms with Crippen molar-refractivity contribution >= 4 is 0 Å². The van der Waals surface area contributed by atoms with Crippen LogP contribution in [0.4, 0.5) is 0 Å². The van der Waals surface area contributed by atoms with E-state index in [1.807, 2.05) is 0 Å². The van der Waals surface area contributed by atoms with E-state index in [0.717, 1.165) is 17.8 Å². The topological polar surface area (TPSA) is 47.9 Å². The maximum absolute atomic E-state index is 9.33. The van der Waals surface area contributed by atoms with E-state index in [9.17, 15) is 5.11 Å². The molecule has 88 valence electrons. The summed E-state index contributed by atoms with van der Waals surface area (Å²) in [5.74, 6) is 2.95. The average Bonchev–Trinajstić information content (AvgIpc) is 2.14. The van der Waals surface area contributed by atoms with Crippen LogP contribution in [0.25, 0.3) is 0 Å². The van der Waals surface area contributed by atoms with E-state index < -0.39 is 0 Å². The molecule has 1 atom stereocenters. The van der Waals surface area contributed by atoms with Gasteiger partial charge in [0.05, 0.1) is 6.61 Å². The molecule has 0 aromatic rings. The lowest BCUT2D eigenvalue weighted by Gasteiger charge is -2.57. The summed E-state index contributed by atoms with van der Waals surface area (Å²) in [7, 11) is 0. The van der Waals surface area contributed by atoms with Gasteiger partial charge in [-0.05, 0) is 56.3 Å². The lowest BCUT2D eigenvalue weighted by atomic mass is 9.48. The molecule has 4 aliphatic rings. The van der Waals surface area contributed by atoms with Crippen LogP contribution in [0.1, 0.15) is 38.5 Å². The van der Waals surface area contributed by atoms with Gasteiger partial charge < -0.3 is 23.2 Å². The number of halogens is 1. The lowest BCUT2D eigenvalue weighted by molar-refractivity contribution is -0.463. The molecule has 1 unspecified atom stereocenters. The molecule has 0 saturated heterocycles. The zero-order valence-electron chi connectivity index (χ0n) is 9.29. The van der Waals surface area contributed by atoms with Crippen LogP contribution in [0.15, 0.2) is 0 Å². The predicted molar refractivity (Wildman–Crippen MR) is 54.4 cm³/mol. The Balaban J connectivity index is 0.000000853. The molecular formula is C12H22ClNO. The van der Waals surface area contributed by atoms with Gasteiger partial charge in [-0.25, -0.2) is 0 Å². The first kappa shape index (κ1) is 11.7. The quantitative estimate of drug-likeness (QED) is 0.558. The average molecular weight is 232 g/mol. The summed E-state index contributed by atoms with van der Waals surface area (Å²) in [5.41, 5.74) is 4.64. The van der Waals surface area contributed by atoms with Crippen molar-refractivity contribution in [1.29, 1.82) is 0 Å². The highest BCUT2D eigenvalue weighted by atomic mass is 35.5. The maximum atomic E-state index is 9.33. The van der Waals surface area contributed by atoms with Crippen LogP contribution in [0.5, 0.6) is 0 Å². The molecule has 3 heteroatoms. The van der Waals surface area contributed by atoms with Crippen molar-refractivity contribution in [2.24, 2.45) is 23.2 Å². The third-order valence-corrected chi connectivity index (χ3v) is 5.17. The smallest absolute Gasteiger partial charge is 0.113 e. The number of hydrogen-bond acceptors (Lipinski definition) is 1. The minimum atomic E-state index is 0. The van der Waals surface area contributed by atoms with E-state index in [0.29, 0.717) is 18.1 Å². The van der Waals surface area contributed by atoms with Gasteiger partial charge >= 0.3 is 0 Å². The second kappa shape index (κ2) is 3.90. The predicted octanol–water partition coefficient (Wildman–Crippen LogP) is -2.19. The fourth-order valence-corrected chi connectivity index (χ4v) is 4.87. The molecular weight excluding hydrogens is 210 g/mol. The summed E-state index contributed by atoms with van der Waals surface area (Å²) in [4.78, 5) is 0. The van der Waals surface area contributed by atoms with Gasteiger partial charge in [0.1, 0.15) is 6.04 Å². The standard InChI is InChI=1S/C12H21NO.ClH/c13-11(7-14)12-4-8-1-9(5-12)3-10(2-8)6-12;/h8-11,14H,1-7,13H2;1H. The van der Waals surface area contributed by atoms with Crippen LogP contribution < -0.4 is 18.1 Å². The Bertz CT molecular complexity index is 208. The molecule has 0 spiro atoms. The molecule has 15 heavy (non-hydrogen) atoms. The fraction of sp³-hybridized carbons (Fsp3) is 1.00. The summed E-state index contributed by atoms with van der Waals surface area (Å²) in [6.45, 7) is 0.298. The van der Waals surface area contributed by atoms with Crippen molar-refractivity contribution < 1.29 is 23.2 Å². The van der Waals surface area contributed by atoms with Gasteiger partial charge in [0.2, 0.25) is 0 Å². The third kappa shape index (κ3) is 1.71. The van der Waals surface area contributed by atoms with Crippen LogP contribution >= 0.6 is 0 Å². The third-order valence-electron chi connectivity index (χ3n) is 5.17. The molecule has 4 bridgehead atoms. The summed E-state index contributed by atoms with van der Waals surface area (Å²) >= 11 is 0. The minimum Gasteiger partial charge on any atom is -1.00 e. The fourth-order valence-electron chi connectivity index (χ4n) is 4.87. The number of aliphatic hydroxyl groups excluding tert-OH is 1. The SMILES string of the molecule is [Cl-].[NH3+]C(CO)C12CC3CC(CC(C3)C1)C2. The molecule has 4 rings (SSSR count). The van der Waals surface area contributed by atoms with E-state index in [1.54, 1.807) is 0 Å². The van der Waals surface area contributed by atoms with Crippen molar-refractivity contribution in [2.75, 3.05) is 6.61 Å². The molecule has 2 nitrogen and oxygen atoms in total. The van der Waals surface area contributed by atoms with Gasteiger partial charge in [0.25, 0.3) is 0 Å². The second-order valence-corrected chi connectivity index (χ2v) is 6.16. The Morgan fingerprint density at radius 1 is 1.07 bits per heavy atom. The van der Waals surface area contributed by atoms with Crippen LogP contribution in [0.2, 0.25) is 0 Å². The Hall–Kier alpha value is 0.210. The maximum Gasteiger partial charge on any atom is 0.113 e. The van der Waals surface area contributed by atoms with E-state index in [4.69, 9.17) is 0 Å². The number of aliphatic hydroxyl groups is 1. The van der Waals surface area contributed by atoms with Gasteiger partial charge in [-0.2, -0.15) is 0 Å². The molecule has 4 N–H and O–H groups in total. The Morgan fingerprint density at radius 2 is 1.47 bits per heavy atom. The summed E-state index contributed by atoms with van der Waals surface area (Å²) in [6, 6.07) is 0.302. The molecule has 0 heterocycles. The molecule has 0 aromatic carbocycles. The first-order valence-electron chi connectivity index (χ1n) is 6.16. The molecule has 4 fully saturated rings. The summed E-state index contributed by atoms with van der Waals surface area (Å²) < 4.78 is 0. The van der Waals surface area contributed by atoms with Gasteiger partial charge in [-0.3, -0.25) is 0 Å². The van der Waals surface area contributed by atoms with E-state index in [2.05, 4.69) is 5.73 Å². The monoisotopic (exact) mass is 231 g/mol. The molecule has 0 aromatic heterocycles. The van der Waals surface area contributed by atoms with E-state index in [1.165, 1.54) is 38.5 Å². The molecule has 0 radical (unpaired) electrons. The Labute approximate surface area is 98.0 Å². The van der Waals surface area contributed by atoms with Crippen molar-refractivity contribution in [1.82, 2.24) is 0 Å². The highest BCUT2D eigenvalue weighted by Gasteiger charge is 2.54. The van der Waals surface area contributed by atoms with Crippen molar-refractivity contribution in [2.45, 2.75) is 44.6 Å². The summed E-state index contributed by atoms with van der Waals surface area (Å²) in [5, 5.41) is 9.33. The van der Waals surface area contributed by atoms with Crippen LogP contribution in [0, 0.1) is 23.2 Å². The number of rotatable bonds is 2. The van der Waals surface area contributed by atoms with Gasteiger partial charge in [-0.1, -0.05) is 0 Å². The van der Waals surface area contributed by atoms with Crippen LogP contribution in [-0.2, 0) is 0 Å². The molecule has 4 saturated carbocycles. The van der Waals surface area contributed by atoms with Crippen LogP contribution in [0.3, 0.4) is 0 Å². The van der Waals surface area contributed by atoms with Gasteiger partial charge in [0, 0.05) is 5.41 Å². The molecule has 0 aliphatic heterocycles. The Kier molecular flexibility index (Phi) is 3.04. The number of quaternary nitrogens is 1. The van der Waals surface area contributed by atoms with Crippen molar-refractivity contribution in [3.05, 3.63) is 0 Å². The largest absolute Gasteiger partial charge is 1.00 e. The molecule has 0 amide bonds. The normalized spacial score (nSPS) is 48.8. The van der Waals surface area contributed by atoms with Gasteiger partial charge in [-0.15, -0.1) is 0 Å². The lowest BCUT2D eigenvalue weighted by Crippen LogP contribution is -3.00. The highest BCUT2D eigenvalue weighted by Crippen LogP contribution is 2.60. The second-order valence-electron chi connectivity index (χ2n) is 6.16. The Morgan fingerprint density at radius 3 is 1.80 bits per heavy atom. The first-order chi connectivity index (χ1) is 6.72. The van der Waals surface area contributed by atoms with Crippen molar-refractivity contribution in [3.8, 4) is 0 Å². The highest BCUT2D eigenvalue weighted by molar-refractivity contribution is 5.03. The van der Waals surface area contributed by atoms with Crippen molar-refractivity contribution in [3.63, 3.8) is 0 Å². The number of hydrogen-bond donors (Lipinski definition) is 2. The van der Waals surface area contributed by atoms with E-state index in [-0.39, 0.29) is 12.4 Å². The van der Waals surface area contributed by atoms with Crippen LogP contribution in [-0.4, -0.2) is 17.8 Å². The first-order valence-corrected chi connectivity index (χ1v) is 6.16. The zero-order chi connectivity index (χ0) is 9.76.